The van der Waals surface area contributed by atoms with Gasteiger partial charge in [-0.25, -0.2) is 4.79 Å². The van der Waals surface area contributed by atoms with E-state index in [9.17, 15) is 4.79 Å². The van der Waals surface area contributed by atoms with Crippen LogP contribution >= 0.6 is 0 Å². The largest absolute Gasteiger partial charge is 0.444 e. The van der Waals surface area contributed by atoms with Crippen LogP contribution in [0.25, 0.3) is 0 Å². The van der Waals surface area contributed by atoms with Gasteiger partial charge in [-0.1, -0.05) is 6.92 Å². The van der Waals surface area contributed by atoms with Crippen LogP contribution in [0.5, 0.6) is 0 Å². The second kappa shape index (κ2) is 7.64. The van der Waals surface area contributed by atoms with Crippen molar-refractivity contribution in [1.29, 1.82) is 0 Å². The van der Waals surface area contributed by atoms with Crippen LogP contribution in [0.1, 0.15) is 53.4 Å². The summed E-state index contributed by atoms with van der Waals surface area (Å²) in [5.74, 6) is 0. The van der Waals surface area contributed by atoms with E-state index in [-0.39, 0.29) is 6.09 Å². The van der Waals surface area contributed by atoms with Crippen molar-refractivity contribution >= 4 is 6.09 Å². The third-order valence-electron chi connectivity index (χ3n) is 4.37. The Balaban J connectivity index is 1.66. The lowest BCUT2D eigenvalue weighted by Gasteiger charge is -2.41. The molecule has 2 aliphatic rings. The van der Waals surface area contributed by atoms with Gasteiger partial charge in [-0.05, 0) is 66.1 Å². The summed E-state index contributed by atoms with van der Waals surface area (Å²) in [5, 5.41) is 3.73. The zero-order valence-electron chi connectivity index (χ0n) is 14.7. The minimum atomic E-state index is -0.403. The summed E-state index contributed by atoms with van der Waals surface area (Å²) in [6, 6.07) is 1.04. The van der Waals surface area contributed by atoms with Gasteiger partial charge in [0.2, 0.25) is 0 Å². The van der Waals surface area contributed by atoms with Crippen molar-refractivity contribution in [2.24, 2.45) is 0 Å². The number of hydrogen-bond donors (Lipinski definition) is 1. The van der Waals surface area contributed by atoms with Crippen molar-refractivity contribution in [2.75, 3.05) is 32.7 Å². The van der Waals surface area contributed by atoms with Crippen LogP contribution in [0.4, 0.5) is 4.79 Å². The summed E-state index contributed by atoms with van der Waals surface area (Å²) in [6.07, 6.45) is 4.82. The molecule has 0 saturated carbocycles. The second-order valence-corrected chi connectivity index (χ2v) is 7.72. The number of rotatable bonds is 4. The van der Waals surface area contributed by atoms with Crippen LogP contribution in [0.3, 0.4) is 0 Å². The Hall–Kier alpha value is -0.810. The van der Waals surface area contributed by atoms with Crippen LogP contribution in [-0.2, 0) is 4.74 Å². The predicted molar refractivity (Wildman–Crippen MR) is 89.1 cm³/mol. The van der Waals surface area contributed by atoms with Gasteiger partial charge in [0.05, 0.1) is 0 Å². The normalized spacial score (nSPS) is 24.7. The molecule has 5 nitrogen and oxygen atoms in total. The Morgan fingerprint density at radius 2 is 1.91 bits per heavy atom. The smallest absolute Gasteiger partial charge is 0.410 e. The molecule has 0 radical (unpaired) electrons. The minimum Gasteiger partial charge on any atom is -0.444 e. The van der Waals surface area contributed by atoms with E-state index in [1.54, 1.807) is 4.90 Å². The molecule has 0 aromatic heterocycles. The Labute approximate surface area is 135 Å². The lowest BCUT2D eigenvalue weighted by atomic mass is 10.0. The van der Waals surface area contributed by atoms with Crippen LogP contribution in [-0.4, -0.2) is 66.3 Å². The van der Waals surface area contributed by atoms with Crippen molar-refractivity contribution in [2.45, 2.75) is 71.1 Å². The first kappa shape index (κ1) is 17.5. The van der Waals surface area contributed by atoms with E-state index in [1.165, 1.54) is 45.3 Å². The molecule has 22 heavy (non-hydrogen) atoms. The first-order valence-corrected chi connectivity index (χ1v) is 8.83. The zero-order valence-corrected chi connectivity index (χ0v) is 14.7. The van der Waals surface area contributed by atoms with Crippen LogP contribution in [0.2, 0.25) is 0 Å². The van der Waals surface area contributed by atoms with Gasteiger partial charge >= 0.3 is 6.09 Å². The van der Waals surface area contributed by atoms with E-state index >= 15 is 0 Å². The summed E-state index contributed by atoms with van der Waals surface area (Å²) >= 11 is 0. The van der Waals surface area contributed by atoms with Gasteiger partial charge in [0.1, 0.15) is 5.60 Å². The fourth-order valence-corrected chi connectivity index (χ4v) is 3.26. The molecule has 5 heteroatoms. The number of amides is 1. The fraction of sp³-hybridized carbons (Fsp3) is 0.941. The number of likely N-dealkylation sites (tertiary alicyclic amines) is 2. The Morgan fingerprint density at radius 1 is 1.18 bits per heavy atom. The maximum atomic E-state index is 11.9. The minimum absolute atomic E-state index is 0.180. The molecule has 2 saturated heterocycles. The molecule has 0 aromatic rings. The van der Waals surface area contributed by atoms with Crippen molar-refractivity contribution < 1.29 is 9.53 Å². The van der Waals surface area contributed by atoms with Gasteiger partial charge in [-0.3, -0.25) is 0 Å². The fourth-order valence-electron chi connectivity index (χ4n) is 3.26. The standard InChI is InChI=1S/C17H33N3O2/c1-5-9-19-10-6-7-14(8-11-19)18-15-12-20(13-15)16(21)22-17(2,3)4/h14-15,18H,5-13H2,1-4H3. The molecule has 1 amide bonds. The summed E-state index contributed by atoms with van der Waals surface area (Å²) in [4.78, 5) is 16.3. The highest BCUT2D eigenvalue weighted by Crippen LogP contribution is 2.18. The van der Waals surface area contributed by atoms with E-state index in [4.69, 9.17) is 4.74 Å². The molecule has 2 rings (SSSR count). The molecule has 0 aromatic carbocycles. The molecular formula is C17H33N3O2. The van der Waals surface area contributed by atoms with E-state index in [0.717, 1.165) is 13.1 Å². The Kier molecular flexibility index (Phi) is 6.09. The summed E-state index contributed by atoms with van der Waals surface area (Å²) in [5.41, 5.74) is -0.403. The number of hydrogen-bond acceptors (Lipinski definition) is 4. The molecule has 128 valence electrons. The maximum absolute atomic E-state index is 11.9. The highest BCUT2D eigenvalue weighted by Gasteiger charge is 2.34. The van der Waals surface area contributed by atoms with Gasteiger partial charge < -0.3 is 19.9 Å². The average Bonchev–Trinajstić information content (AvgIpc) is 2.57. The van der Waals surface area contributed by atoms with E-state index in [2.05, 4.69) is 17.1 Å². The van der Waals surface area contributed by atoms with Crippen molar-refractivity contribution in [3.05, 3.63) is 0 Å². The highest BCUT2D eigenvalue weighted by atomic mass is 16.6. The quantitative estimate of drug-likeness (QED) is 0.866. The molecule has 0 aliphatic carbocycles. The topological polar surface area (TPSA) is 44.8 Å². The van der Waals surface area contributed by atoms with Crippen molar-refractivity contribution in [3.8, 4) is 0 Å². The molecule has 0 bridgehead atoms. The van der Waals surface area contributed by atoms with Gasteiger partial charge in [-0.15, -0.1) is 0 Å². The molecular weight excluding hydrogens is 278 g/mol. The maximum Gasteiger partial charge on any atom is 0.410 e. The van der Waals surface area contributed by atoms with E-state index in [0.29, 0.717) is 12.1 Å². The van der Waals surface area contributed by atoms with Crippen molar-refractivity contribution in [3.63, 3.8) is 0 Å². The summed E-state index contributed by atoms with van der Waals surface area (Å²) in [7, 11) is 0. The first-order valence-electron chi connectivity index (χ1n) is 8.83. The third kappa shape index (κ3) is 5.43. The molecule has 0 spiro atoms. The number of nitrogens with zero attached hydrogens (tertiary/aromatic N) is 2. The lowest BCUT2D eigenvalue weighted by molar-refractivity contribution is 0.00397. The van der Waals surface area contributed by atoms with Crippen LogP contribution in [0.15, 0.2) is 0 Å². The number of ether oxygens (including phenoxy) is 1. The van der Waals surface area contributed by atoms with Crippen LogP contribution in [0, 0.1) is 0 Å². The SMILES string of the molecule is CCCN1CCCC(NC2CN(C(=O)OC(C)(C)C)C2)CC1. The summed E-state index contributed by atoms with van der Waals surface area (Å²) < 4.78 is 5.39. The molecule has 1 N–H and O–H groups in total. The molecule has 1 unspecified atom stereocenters. The second-order valence-electron chi connectivity index (χ2n) is 7.72. The first-order chi connectivity index (χ1) is 10.4. The highest BCUT2D eigenvalue weighted by molar-refractivity contribution is 5.69. The summed E-state index contributed by atoms with van der Waals surface area (Å²) in [6.45, 7) is 13.2. The predicted octanol–water partition coefficient (Wildman–Crippen LogP) is 2.46. The molecule has 1 atom stereocenters. The molecule has 2 aliphatic heterocycles. The molecule has 2 fully saturated rings. The average molecular weight is 311 g/mol. The number of carbonyl (C=O) groups is 1. The Bertz CT molecular complexity index is 361. The number of carbonyl (C=O) groups excluding carboxylic acids is 1. The van der Waals surface area contributed by atoms with Gasteiger partial charge in [0, 0.05) is 25.2 Å². The van der Waals surface area contributed by atoms with E-state index in [1.807, 2.05) is 20.8 Å². The van der Waals surface area contributed by atoms with E-state index < -0.39 is 5.60 Å². The Morgan fingerprint density at radius 3 is 2.55 bits per heavy atom. The van der Waals surface area contributed by atoms with Crippen molar-refractivity contribution in [1.82, 2.24) is 15.1 Å². The van der Waals surface area contributed by atoms with Gasteiger partial charge in [-0.2, -0.15) is 0 Å². The zero-order chi connectivity index (χ0) is 16.2. The molecule has 2 heterocycles. The lowest BCUT2D eigenvalue weighted by Crippen LogP contribution is -2.62. The third-order valence-corrected chi connectivity index (χ3v) is 4.37. The monoisotopic (exact) mass is 311 g/mol. The number of nitrogens with one attached hydrogen (secondary N) is 1. The van der Waals surface area contributed by atoms with Gasteiger partial charge in [0.25, 0.3) is 0 Å². The van der Waals surface area contributed by atoms with Gasteiger partial charge in [0.15, 0.2) is 0 Å². The van der Waals surface area contributed by atoms with Crippen LogP contribution < -0.4 is 5.32 Å².